The van der Waals surface area contributed by atoms with Crippen LogP contribution in [0, 0.1) is 11.3 Å². The Labute approximate surface area is 184 Å². The number of nitrogens with zero attached hydrogens (tertiary/aromatic N) is 3. The predicted octanol–water partition coefficient (Wildman–Crippen LogP) is 5.16. The second-order valence-corrected chi connectivity index (χ2v) is 8.38. The van der Waals surface area contributed by atoms with E-state index in [1.165, 1.54) is 23.1 Å². The summed E-state index contributed by atoms with van der Waals surface area (Å²) in [7, 11) is 1.62. The molecule has 30 heavy (non-hydrogen) atoms. The van der Waals surface area contributed by atoms with Gasteiger partial charge in [0.2, 0.25) is 5.91 Å². The SMILES string of the molecule is CCCc1ccc(C#N)c(SCCC(=O)Nc2nc(-c3cccc(OC)c3)cs2)n1. The molecule has 0 saturated heterocycles. The predicted molar refractivity (Wildman–Crippen MR) is 121 cm³/mol. The van der Waals surface area contributed by atoms with Crippen LogP contribution < -0.4 is 10.1 Å². The number of pyridine rings is 1. The van der Waals surface area contributed by atoms with Gasteiger partial charge in [-0.25, -0.2) is 9.97 Å². The monoisotopic (exact) mass is 438 g/mol. The van der Waals surface area contributed by atoms with E-state index >= 15 is 0 Å². The maximum absolute atomic E-state index is 12.3. The number of benzene rings is 1. The molecule has 0 bridgehead atoms. The summed E-state index contributed by atoms with van der Waals surface area (Å²) in [4.78, 5) is 21.4. The van der Waals surface area contributed by atoms with E-state index in [1.54, 1.807) is 13.2 Å². The van der Waals surface area contributed by atoms with Gasteiger partial charge in [-0.1, -0.05) is 25.5 Å². The highest BCUT2D eigenvalue weighted by atomic mass is 32.2. The number of carbonyl (C=O) groups excluding carboxylic acids is 1. The van der Waals surface area contributed by atoms with Crippen molar-refractivity contribution in [3.8, 4) is 23.1 Å². The van der Waals surface area contributed by atoms with Gasteiger partial charge in [0.25, 0.3) is 0 Å². The lowest BCUT2D eigenvalue weighted by molar-refractivity contribution is -0.115. The van der Waals surface area contributed by atoms with Gasteiger partial charge >= 0.3 is 0 Å². The number of amides is 1. The average Bonchev–Trinajstić information content (AvgIpc) is 3.22. The first kappa shape index (κ1) is 21.8. The van der Waals surface area contributed by atoms with Crippen LogP contribution in [0.25, 0.3) is 11.3 Å². The molecule has 154 valence electrons. The maximum Gasteiger partial charge on any atom is 0.226 e. The lowest BCUT2D eigenvalue weighted by atomic mass is 10.2. The van der Waals surface area contributed by atoms with Gasteiger partial charge in [0.1, 0.15) is 16.8 Å². The molecule has 0 aliphatic carbocycles. The molecule has 0 atom stereocenters. The number of anilines is 1. The molecule has 0 fully saturated rings. The number of aromatic nitrogens is 2. The van der Waals surface area contributed by atoms with Crippen molar-refractivity contribution >= 4 is 34.1 Å². The molecule has 3 rings (SSSR count). The molecular formula is C22H22N4O2S2. The number of hydrogen-bond donors (Lipinski definition) is 1. The molecule has 2 aromatic heterocycles. The zero-order valence-electron chi connectivity index (χ0n) is 16.8. The zero-order chi connectivity index (χ0) is 21.3. The fourth-order valence-electron chi connectivity index (χ4n) is 2.74. The molecule has 3 aromatic rings. The first-order valence-electron chi connectivity index (χ1n) is 9.55. The Bertz CT molecular complexity index is 1060. The summed E-state index contributed by atoms with van der Waals surface area (Å²) in [5.74, 6) is 1.19. The number of rotatable bonds is 9. The van der Waals surface area contributed by atoms with Gasteiger partial charge in [0, 0.05) is 28.8 Å². The standard InChI is InChI=1S/C22H22N4O2S2/c1-3-5-17-9-8-16(13-23)21(24-17)29-11-10-20(27)26-22-25-19(14-30-22)15-6-4-7-18(12-15)28-2/h4,6-9,12,14H,3,5,10-11H2,1-2H3,(H,25,26,27). The Morgan fingerprint density at radius 1 is 1.30 bits per heavy atom. The van der Waals surface area contributed by atoms with Crippen LogP contribution in [0.4, 0.5) is 5.13 Å². The van der Waals surface area contributed by atoms with Gasteiger partial charge < -0.3 is 10.1 Å². The summed E-state index contributed by atoms with van der Waals surface area (Å²) >= 11 is 2.81. The fourth-order valence-corrected chi connectivity index (χ4v) is 4.41. The number of hydrogen-bond acceptors (Lipinski definition) is 7. The summed E-state index contributed by atoms with van der Waals surface area (Å²) in [6, 6.07) is 13.5. The molecule has 2 heterocycles. The topological polar surface area (TPSA) is 87.9 Å². The molecule has 0 radical (unpaired) electrons. The third-order valence-electron chi connectivity index (χ3n) is 4.23. The highest BCUT2D eigenvalue weighted by molar-refractivity contribution is 7.99. The molecule has 1 aromatic carbocycles. The molecule has 0 spiro atoms. The number of nitriles is 1. The second kappa shape index (κ2) is 10.8. The minimum Gasteiger partial charge on any atom is -0.497 e. The van der Waals surface area contributed by atoms with Crippen molar-refractivity contribution in [1.82, 2.24) is 9.97 Å². The Morgan fingerprint density at radius 2 is 2.17 bits per heavy atom. The minimum absolute atomic E-state index is 0.114. The van der Waals surface area contributed by atoms with Crippen molar-refractivity contribution < 1.29 is 9.53 Å². The number of thiazole rings is 1. The van der Waals surface area contributed by atoms with Crippen molar-refractivity contribution in [3.63, 3.8) is 0 Å². The molecule has 0 unspecified atom stereocenters. The van der Waals surface area contributed by atoms with Crippen molar-refractivity contribution in [1.29, 1.82) is 5.26 Å². The summed E-state index contributed by atoms with van der Waals surface area (Å²) in [6.45, 7) is 2.09. The van der Waals surface area contributed by atoms with E-state index in [9.17, 15) is 10.1 Å². The Morgan fingerprint density at radius 3 is 2.93 bits per heavy atom. The molecule has 0 saturated carbocycles. The van der Waals surface area contributed by atoms with E-state index in [0.717, 1.165) is 35.5 Å². The molecule has 0 aliphatic rings. The number of thioether (sulfide) groups is 1. The van der Waals surface area contributed by atoms with Crippen LogP contribution in [-0.4, -0.2) is 28.7 Å². The first-order chi connectivity index (χ1) is 14.6. The normalized spacial score (nSPS) is 10.4. The summed E-state index contributed by atoms with van der Waals surface area (Å²) in [6.07, 6.45) is 2.18. The Balaban J connectivity index is 1.55. The van der Waals surface area contributed by atoms with Crippen molar-refractivity contribution in [3.05, 3.63) is 53.0 Å². The van der Waals surface area contributed by atoms with Gasteiger partial charge in [-0.15, -0.1) is 23.1 Å². The number of ether oxygens (including phenoxy) is 1. The van der Waals surface area contributed by atoms with Gasteiger partial charge in [-0.05, 0) is 30.7 Å². The van der Waals surface area contributed by atoms with Crippen LogP contribution in [-0.2, 0) is 11.2 Å². The summed E-state index contributed by atoms with van der Waals surface area (Å²) in [5, 5.41) is 15.3. The van der Waals surface area contributed by atoms with E-state index in [2.05, 4.69) is 28.3 Å². The molecular weight excluding hydrogens is 416 g/mol. The van der Waals surface area contributed by atoms with E-state index in [-0.39, 0.29) is 5.91 Å². The Hall–Kier alpha value is -2.89. The first-order valence-corrected chi connectivity index (χ1v) is 11.4. The van der Waals surface area contributed by atoms with Crippen LogP contribution in [0.3, 0.4) is 0 Å². The summed E-state index contributed by atoms with van der Waals surface area (Å²) in [5.41, 5.74) is 3.24. The molecule has 8 heteroatoms. The van der Waals surface area contributed by atoms with E-state index in [1.807, 2.05) is 35.7 Å². The van der Waals surface area contributed by atoms with Gasteiger partial charge in [0.05, 0.1) is 18.4 Å². The van der Waals surface area contributed by atoms with E-state index in [0.29, 0.717) is 27.9 Å². The number of aryl methyl sites for hydroxylation is 1. The molecule has 0 aliphatic heterocycles. The average molecular weight is 439 g/mol. The molecule has 1 N–H and O–H groups in total. The van der Waals surface area contributed by atoms with Gasteiger partial charge in [0.15, 0.2) is 5.13 Å². The van der Waals surface area contributed by atoms with Crippen molar-refractivity contribution in [2.45, 2.75) is 31.2 Å². The highest BCUT2D eigenvalue weighted by Crippen LogP contribution is 2.28. The van der Waals surface area contributed by atoms with Crippen LogP contribution in [0.15, 0.2) is 46.8 Å². The zero-order valence-corrected chi connectivity index (χ0v) is 18.5. The van der Waals surface area contributed by atoms with E-state index in [4.69, 9.17) is 4.74 Å². The van der Waals surface area contributed by atoms with Crippen LogP contribution in [0.2, 0.25) is 0 Å². The lowest BCUT2D eigenvalue weighted by Crippen LogP contribution is -2.12. The highest BCUT2D eigenvalue weighted by Gasteiger charge is 2.11. The Kier molecular flexibility index (Phi) is 7.82. The van der Waals surface area contributed by atoms with Gasteiger partial charge in [-0.3, -0.25) is 4.79 Å². The third-order valence-corrected chi connectivity index (χ3v) is 5.98. The molecule has 6 nitrogen and oxygen atoms in total. The number of nitrogens with one attached hydrogen (secondary N) is 1. The summed E-state index contributed by atoms with van der Waals surface area (Å²) < 4.78 is 5.24. The van der Waals surface area contributed by atoms with Gasteiger partial charge in [-0.2, -0.15) is 5.26 Å². The quantitative estimate of drug-likeness (QED) is 0.464. The van der Waals surface area contributed by atoms with Crippen LogP contribution >= 0.6 is 23.1 Å². The fraction of sp³-hybridized carbons (Fsp3) is 0.273. The minimum atomic E-state index is -0.114. The second-order valence-electron chi connectivity index (χ2n) is 6.43. The van der Waals surface area contributed by atoms with Crippen molar-refractivity contribution in [2.75, 3.05) is 18.2 Å². The smallest absolute Gasteiger partial charge is 0.226 e. The van der Waals surface area contributed by atoms with Crippen LogP contribution in [0.1, 0.15) is 31.0 Å². The maximum atomic E-state index is 12.3. The van der Waals surface area contributed by atoms with E-state index < -0.39 is 0 Å². The number of methoxy groups -OCH3 is 1. The van der Waals surface area contributed by atoms with Crippen molar-refractivity contribution in [2.24, 2.45) is 0 Å². The number of carbonyl (C=O) groups is 1. The lowest BCUT2D eigenvalue weighted by Gasteiger charge is -2.06. The van der Waals surface area contributed by atoms with Crippen LogP contribution in [0.5, 0.6) is 5.75 Å². The largest absolute Gasteiger partial charge is 0.497 e. The molecule has 1 amide bonds. The third kappa shape index (κ3) is 5.81.